The number of hydrogen-bond donors (Lipinski definition) is 3. The van der Waals surface area contributed by atoms with Gasteiger partial charge in [-0.3, -0.25) is 9.59 Å². The van der Waals surface area contributed by atoms with E-state index in [-0.39, 0.29) is 24.3 Å². The van der Waals surface area contributed by atoms with Gasteiger partial charge >= 0.3 is 5.97 Å². The molecule has 0 radical (unpaired) electrons. The molecule has 2 aliphatic rings. The third kappa shape index (κ3) is 3.43. The Morgan fingerprint density at radius 1 is 1.26 bits per heavy atom. The van der Waals surface area contributed by atoms with Gasteiger partial charge in [0.15, 0.2) is 0 Å². The molecule has 2 unspecified atom stereocenters. The predicted octanol–water partition coefficient (Wildman–Crippen LogP) is 2.42. The zero-order chi connectivity index (χ0) is 19.8. The fourth-order valence-electron chi connectivity index (χ4n) is 3.63. The van der Waals surface area contributed by atoms with Crippen LogP contribution in [0.5, 0.6) is 0 Å². The van der Waals surface area contributed by atoms with Gasteiger partial charge in [-0.15, -0.1) is 0 Å². The van der Waals surface area contributed by atoms with Crippen LogP contribution in [0.3, 0.4) is 0 Å². The molecule has 1 aromatic carbocycles. The number of benzene rings is 1. The number of carboxylic acids is 1. The Kier molecular flexibility index (Phi) is 4.99. The lowest BCUT2D eigenvalue weighted by molar-refractivity contribution is -0.190. The molecule has 0 saturated heterocycles. The molecular weight excluding hydrogens is 348 g/mol. The monoisotopic (exact) mass is 374 g/mol. The van der Waals surface area contributed by atoms with Crippen molar-refractivity contribution in [1.29, 1.82) is 0 Å². The average Bonchev–Trinajstić information content (AvgIpc) is 3.45. The van der Waals surface area contributed by atoms with Crippen molar-refractivity contribution in [2.75, 3.05) is 11.9 Å². The van der Waals surface area contributed by atoms with Gasteiger partial charge in [0.25, 0.3) is 5.91 Å². The van der Waals surface area contributed by atoms with Gasteiger partial charge in [-0.2, -0.15) is 0 Å². The van der Waals surface area contributed by atoms with Gasteiger partial charge in [-0.1, -0.05) is 19.9 Å². The number of aliphatic carboxylic acids is 1. The second-order valence-corrected chi connectivity index (χ2v) is 7.88. The van der Waals surface area contributed by atoms with Gasteiger partial charge in [0.05, 0.1) is 6.10 Å². The summed E-state index contributed by atoms with van der Waals surface area (Å²) < 4.78 is 5.61. The van der Waals surface area contributed by atoms with E-state index in [1.165, 1.54) is 0 Å². The summed E-state index contributed by atoms with van der Waals surface area (Å²) in [5.74, 6) is -1.55. The molecule has 2 aliphatic carbocycles. The van der Waals surface area contributed by atoms with Crippen molar-refractivity contribution in [2.24, 2.45) is 11.3 Å². The summed E-state index contributed by atoms with van der Waals surface area (Å²) in [6.07, 6.45) is 1.77. The smallest absolute Gasteiger partial charge is 0.330 e. The van der Waals surface area contributed by atoms with Gasteiger partial charge in [0, 0.05) is 35.6 Å². The Morgan fingerprint density at radius 3 is 2.52 bits per heavy atom. The van der Waals surface area contributed by atoms with Crippen LogP contribution in [0.25, 0.3) is 0 Å². The SMILES string of the molecule is CCOC1CC(NC(=O)c2cccc(NC(=O)C3CC3)c2)(C(=O)O)C1(C)C. The highest BCUT2D eigenvalue weighted by molar-refractivity contribution is 6.00. The number of anilines is 1. The molecule has 2 atom stereocenters. The maximum Gasteiger partial charge on any atom is 0.330 e. The van der Waals surface area contributed by atoms with Crippen molar-refractivity contribution in [3.63, 3.8) is 0 Å². The molecule has 3 N–H and O–H groups in total. The van der Waals surface area contributed by atoms with Crippen LogP contribution in [-0.4, -0.2) is 41.1 Å². The van der Waals surface area contributed by atoms with Crippen LogP contribution < -0.4 is 10.6 Å². The van der Waals surface area contributed by atoms with Crippen molar-refractivity contribution >= 4 is 23.5 Å². The van der Waals surface area contributed by atoms with Gasteiger partial charge in [0.1, 0.15) is 5.54 Å². The van der Waals surface area contributed by atoms with E-state index in [0.717, 1.165) is 12.8 Å². The van der Waals surface area contributed by atoms with Gasteiger partial charge in [-0.25, -0.2) is 4.79 Å². The molecule has 0 aromatic heterocycles. The van der Waals surface area contributed by atoms with Gasteiger partial charge < -0.3 is 20.5 Å². The molecule has 3 rings (SSSR count). The van der Waals surface area contributed by atoms with Crippen LogP contribution in [0.1, 0.15) is 50.4 Å². The zero-order valence-electron chi connectivity index (χ0n) is 15.9. The number of hydrogen-bond acceptors (Lipinski definition) is 4. The third-order valence-corrected chi connectivity index (χ3v) is 5.80. The number of nitrogens with one attached hydrogen (secondary N) is 2. The second kappa shape index (κ2) is 6.96. The lowest BCUT2D eigenvalue weighted by atomic mass is 9.54. The van der Waals surface area contributed by atoms with E-state index in [2.05, 4.69) is 10.6 Å². The molecule has 0 bridgehead atoms. The summed E-state index contributed by atoms with van der Waals surface area (Å²) in [5.41, 5.74) is -1.30. The first-order valence-electron chi connectivity index (χ1n) is 9.29. The highest BCUT2D eigenvalue weighted by atomic mass is 16.5. The Hall–Kier alpha value is -2.41. The fourth-order valence-corrected chi connectivity index (χ4v) is 3.63. The van der Waals surface area contributed by atoms with E-state index in [9.17, 15) is 19.5 Å². The molecule has 146 valence electrons. The minimum Gasteiger partial charge on any atom is -0.479 e. The number of rotatable bonds is 7. The maximum atomic E-state index is 12.8. The first kappa shape index (κ1) is 19.4. The van der Waals surface area contributed by atoms with E-state index in [0.29, 0.717) is 17.9 Å². The standard InChI is InChI=1S/C20H26N2O5/c1-4-27-15-11-20(18(25)26,19(15,2)3)22-17(24)13-6-5-7-14(10-13)21-16(23)12-8-9-12/h5-7,10,12,15H,4,8-9,11H2,1-3H3,(H,21,23)(H,22,24)(H,25,26). The largest absolute Gasteiger partial charge is 0.479 e. The summed E-state index contributed by atoms with van der Waals surface area (Å²) in [7, 11) is 0. The Morgan fingerprint density at radius 2 is 1.96 bits per heavy atom. The van der Waals surface area contributed by atoms with E-state index >= 15 is 0 Å². The quantitative estimate of drug-likeness (QED) is 0.680. The van der Waals surface area contributed by atoms with Crippen LogP contribution in [0, 0.1) is 11.3 Å². The van der Waals surface area contributed by atoms with Crippen LogP contribution in [-0.2, 0) is 14.3 Å². The molecular formula is C20H26N2O5. The van der Waals surface area contributed by atoms with Crippen LogP contribution in [0.2, 0.25) is 0 Å². The number of ether oxygens (including phenoxy) is 1. The molecule has 7 heteroatoms. The van der Waals surface area contributed by atoms with Crippen molar-refractivity contribution in [2.45, 2.75) is 51.7 Å². The van der Waals surface area contributed by atoms with Crippen molar-refractivity contribution in [1.82, 2.24) is 5.32 Å². The highest BCUT2D eigenvalue weighted by Gasteiger charge is 2.66. The zero-order valence-corrected chi connectivity index (χ0v) is 15.9. The van der Waals surface area contributed by atoms with E-state index in [1.807, 2.05) is 6.92 Å². The van der Waals surface area contributed by atoms with Gasteiger partial charge in [0.2, 0.25) is 5.91 Å². The minimum atomic E-state index is -1.39. The van der Waals surface area contributed by atoms with E-state index in [4.69, 9.17) is 4.74 Å². The molecule has 0 aliphatic heterocycles. The predicted molar refractivity (Wildman–Crippen MR) is 99.4 cm³/mol. The first-order valence-corrected chi connectivity index (χ1v) is 9.29. The first-order chi connectivity index (χ1) is 12.7. The van der Waals surface area contributed by atoms with Crippen LogP contribution in [0.4, 0.5) is 5.69 Å². The van der Waals surface area contributed by atoms with Crippen molar-refractivity contribution in [3.8, 4) is 0 Å². The summed E-state index contributed by atoms with van der Waals surface area (Å²) in [5, 5.41) is 15.3. The van der Waals surface area contributed by atoms with Crippen LogP contribution in [0.15, 0.2) is 24.3 Å². The molecule has 2 fully saturated rings. The Labute approximate surface area is 158 Å². The summed E-state index contributed by atoms with van der Waals surface area (Å²) in [6.45, 7) is 5.92. The maximum absolute atomic E-state index is 12.8. The molecule has 0 heterocycles. The van der Waals surface area contributed by atoms with E-state index in [1.54, 1.807) is 38.1 Å². The molecule has 1 aromatic rings. The van der Waals surface area contributed by atoms with Crippen LogP contribution >= 0.6 is 0 Å². The topological polar surface area (TPSA) is 105 Å². The van der Waals surface area contributed by atoms with Gasteiger partial charge in [-0.05, 0) is 38.0 Å². The number of carboxylic acid groups (broad SMARTS) is 1. The number of carbonyl (C=O) groups is 3. The molecule has 27 heavy (non-hydrogen) atoms. The molecule has 0 spiro atoms. The minimum absolute atomic E-state index is 0.0470. The van der Waals surface area contributed by atoms with Crippen molar-refractivity contribution < 1.29 is 24.2 Å². The average molecular weight is 374 g/mol. The lowest BCUT2D eigenvalue weighted by Crippen LogP contribution is -2.76. The lowest BCUT2D eigenvalue weighted by Gasteiger charge is -2.58. The Bertz CT molecular complexity index is 771. The van der Waals surface area contributed by atoms with Crippen molar-refractivity contribution in [3.05, 3.63) is 29.8 Å². The summed E-state index contributed by atoms with van der Waals surface area (Å²) in [4.78, 5) is 36.7. The fraction of sp³-hybridized carbons (Fsp3) is 0.550. The third-order valence-electron chi connectivity index (χ3n) is 5.80. The Balaban J connectivity index is 1.75. The molecule has 7 nitrogen and oxygen atoms in total. The number of amides is 2. The number of carbonyl (C=O) groups excluding carboxylic acids is 2. The van der Waals surface area contributed by atoms with E-state index < -0.39 is 22.8 Å². The summed E-state index contributed by atoms with van der Waals surface area (Å²) in [6, 6.07) is 6.54. The second-order valence-electron chi connectivity index (χ2n) is 7.88. The summed E-state index contributed by atoms with van der Waals surface area (Å²) >= 11 is 0. The molecule has 2 saturated carbocycles. The molecule has 2 amide bonds. The normalized spacial score (nSPS) is 26.0. The highest BCUT2D eigenvalue weighted by Crippen LogP contribution is 2.51.